The second kappa shape index (κ2) is 8.71. The molecular weight excluding hydrogens is 208 g/mol. The minimum atomic E-state index is -0.900. The fourth-order valence-corrected chi connectivity index (χ4v) is 1.03. The van der Waals surface area contributed by atoms with Gasteiger partial charge in [0.1, 0.15) is 6.61 Å². The van der Waals surface area contributed by atoms with Crippen LogP contribution in [0.3, 0.4) is 0 Å². The van der Waals surface area contributed by atoms with Crippen LogP contribution >= 0.6 is 0 Å². The van der Waals surface area contributed by atoms with Crippen molar-refractivity contribution in [2.24, 2.45) is 5.92 Å². The summed E-state index contributed by atoms with van der Waals surface area (Å²) in [7, 11) is 0. The average molecular weight is 226 g/mol. The molecule has 0 rings (SSSR count). The van der Waals surface area contributed by atoms with Gasteiger partial charge in [-0.1, -0.05) is 18.2 Å². The first-order valence-corrected chi connectivity index (χ1v) is 5.22. The Bertz CT molecular complexity index is 268. The lowest BCUT2D eigenvalue weighted by molar-refractivity contribution is -0.160. The number of hydrogen-bond acceptors (Lipinski definition) is 4. The van der Waals surface area contributed by atoms with E-state index in [9.17, 15) is 9.59 Å². The summed E-state index contributed by atoms with van der Waals surface area (Å²) < 4.78 is 9.67. The van der Waals surface area contributed by atoms with Crippen LogP contribution in [0.1, 0.15) is 20.3 Å². The quantitative estimate of drug-likeness (QED) is 0.378. The first-order chi connectivity index (χ1) is 7.67. The van der Waals surface area contributed by atoms with Crippen LogP contribution in [0.25, 0.3) is 0 Å². The van der Waals surface area contributed by atoms with Crippen molar-refractivity contribution in [2.45, 2.75) is 20.3 Å². The highest BCUT2D eigenvalue weighted by Crippen LogP contribution is 2.09. The molecule has 0 saturated heterocycles. The lowest BCUT2D eigenvalue weighted by Gasteiger charge is -2.12. The van der Waals surface area contributed by atoms with E-state index in [1.807, 2.05) is 6.92 Å². The van der Waals surface area contributed by atoms with Crippen molar-refractivity contribution in [1.29, 1.82) is 0 Å². The fraction of sp³-hybridized carbons (Fsp3) is 0.500. The Kier molecular flexibility index (Phi) is 7.85. The summed E-state index contributed by atoms with van der Waals surface area (Å²) in [5.74, 6) is -2.04. The number of hydrogen-bond donors (Lipinski definition) is 0. The predicted molar refractivity (Wildman–Crippen MR) is 60.7 cm³/mol. The van der Waals surface area contributed by atoms with Crippen LogP contribution in [0, 0.1) is 5.92 Å². The molecule has 0 aliphatic carbocycles. The Hall–Kier alpha value is -1.58. The molecule has 1 unspecified atom stereocenters. The van der Waals surface area contributed by atoms with Gasteiger partial charge in [0.15, 0.2) is 5.92 Å². The molecule has 0 amide bonds. The number of carbonyl (C=O) groups excluding carboxylic acids is 2. The number of carbonyl (C=O) groups is 2. The highest BCUT2D eigenvalue weighted by Gasteiger charge is 2.27. The van der Waals surface area contributed by atoms with Gasteiger partial charge >= 0.3 is 11.9 Å². The smallest absolute Gasteiger partial charge is 0.320 e. The van der Waals surface area contributed by atoms with E-state index < -0.39 is 17.9 Å². The Morgan fingerprint density at radius 1 is 1.31 bits per heavy atom. The van der Waals surface area contributed by atoms with Crippen LogP contribution in [-0.2, 0) is 19.1 Å². The third kappa shape index (κ3) is 5.34. The molecule has 0 spiro atoms. The van der Waals surface area contributed by atoms with Gasteiger partial charge in [0.05, 0.1) is 6.61 Å². The number of ether oxygens (including phenoxy) is 2. The van der Waals surface area contributed by atoms with Gasteiger partial charge in [-0.25, -0.2) is 0 Å². The van der Waals surface area contributed by atoms with Crippen LogP contribution < -0.4 is 0 Å². The van der Waals surface area contributed by atoms with E-state index in [-0.39, 0.29) is 19.6 Å². The van der Waals surface area contributed by atoms with Gasteiger partial charge in [0.25, 0.3) is 0 Å². The zero-order valence-corrected chi connectivity index (χ0v) is 9.77. The average Bonchev–Trinajstić information content (AvgIpc) is 2.26. The lowest BCUT2D eigenvalue weighted by atomic mass is 10.1. The summed E-state index contributed by atoms with van der Waals surface area (Å²) in [4.78, 5) is 22.9. The van der Waals surface area contributed by atoms with Crippen LogP contribution in [0.2, 0.25) is 0 Å². The number of esters is 2. The monoisotopic (exact) mass is 226 g/mol. The molecule has 0 aromatic heterocycles. The zero-order valence-electron chi connectivity index (χ0n) is 9.77. The molecule has 0 N–H and O–H groups in total. The molecule has 0 saturated carbocycles. The second-order valence-corrected chi connectivity index (χ2v) is 3.03. The van der Waals surface area contributed by atoms with E-state index in [1.165, 1.54) is 6.08 Å². The summed E-state index contributed by atoms with van der Waals surface area (Å²) in [6, 6.07) is 0. The highest BCUT2D eigenvalue weighted by molar-refractivity contribution is 5.95. The van der Waals surface area contributed by atoms with Crippen molar-refractivity contribution in [3.8, 4) is 0 Å². The van der Waals surface area contributed by atoms with E-state index in [2.05, 4.69) is 6.58 Å². The van der Waals surface area contributed by atoms with Crippen molar-refractivity contribution < 1.29 is 19.1 Å². The van der Waals surface area contributed by atoms with Crippen molar-refractivity contribution in [3.63, 3.8) is 0 Å². The molecule has 4 heteroatoms. The van der Waals surface area contributed by atoms with Gasteiger partial charge in [0.2, 0.25) is 0 Å². The minimum absolute atomic E-state index is 0.169. The van der Waals surface area contributed by atoms with Crippen molar-refractivity contribution >= 4 is 11.9 Å². The van der Waals surface area contributed by atoms with Crippen LogP contribution in [0.15, 0.2) is 24.8 Å². The van der Waals surface area contributed by atoms with Gasteiger partial charge in [-0.05, 0) is 20.3 Å². The molecule has 0 fully saturated rings. The number of rotatable bonds is 7. The standard InChI is InChI=1S/C12H18O4/c1-4-7-9-16-12(14)10(8-5-2)11(13)15-6-3/h4-5,7,10H,2,6,8-9H2,1,3H3/b7-4+. The Balaban J connectivity index is 4.33. The van der Waals surface area contributed by atoms with Crippen molar-refractivity contribution in [2.75, 3.05) is 13.2 Å². The maximum atomic E-state index is 11.5. The van der Waals surface area contributed by atoms with E-state index in [0.717, 1.165) is 0 Å². The predicted octanol–water partition coefficient (Wildman–Crippen LogP) is 1.86. The summed E-state index contributed by atoms with van der Waals surface area (Å²) in [5, 5.41) is 0. The first-order valence-electron chi connectivity index (χ1n) is 5.22. The Morgan fingerprint density at radius 3 is 2.44 bits per heavy atom. The van der Waals surface area contributed by atoms with Gasteiger partial charge in [0, 0.05) is 0 Å². The second-order valence-electron chi connectivity index (χ2n) is 3.03. The summed E-state index contributed by atoms with van der Waals surface area (Å²) in [6.45, 7) is 7.41. The molecular formula is C12H18O4. The number of allylic oxidation sites excluding steroid dienone is 2. The van der Waals surface area contributed by atoms with Gasteiger partial charge in [-0.2, -0.15) is 0 Å². The fourth-order valence-electron chi connectivity index (χ4n) is 1.03. The largest absolute Gasteiger partial charge is 0.465 e. The molecule has 16 heavy (non-hydrogen) atoms. The molecule has 1 atom stereocenters. The van der Waals surface area contributed by atoms with Crippen molar-refractivity contribution in [1.82, 2.24) is 0 Å². The maximum Gasteiger partial charge on any atom is 0.320 e. The summed E-state index contributed by atoms with van der Waals surface area (Å²) in [5.41, 5.74) is 0. The van der Waals surface area contributed by atoms with Gasteiger partial charge < -0.3 is 9.47 Å². The molecule has 0 bridgehead atoms. The van der Waals surface area contributed by atoms with Crippen molar-refractivity contribution in [3.05, 3.63) is 24.8 Å². The lowest BCUT2D eigenvalue weighted by Crippen LogP contribution is -2.27. The normalized spacial score (nSPS) is 12.1. The maximum absolute atomic E-state index is 11.5. The molecule has 0 radical (unpaired) electrons. The van der Waals surface area contributed by atoms with E-state index >= 15 is 0 Å². The summed E-state index contributed by atoms with van der Waals surface area (Å²) >= 11 is 0. The molecule has 0 aromatic carbocycles. The molecule has 0 aliphatic heterocycles. The molecule has 0 heterocycles. The minimum Gasteiger partial charge on any atom is -0.465 e. The van der Waals surface area contributed by atoms with Gasteiger partial charge in [-0.15, -0.1) is 6.58 Å². The van der Waals surface area contributed by atoms with Crippen LogP contribution in [0.4, 0.5) is 0 Å². The summed E-state index contributed by atoms with van der Waals surface area (Å²) in [6.07, 6.45) is 5.18. The van der Waals surface area contributed by atoms with Crippen LogP contribution in [-0.4, -0.2) is 25.2 Å². The van der Waals surface area contributed by atoms with E-state index in [4.69, 9.17) is 9.47 Å². The molecule has 90 valence electrons. The third-order valence-electron chi connectivity index (χ3n) is 1.82. The first kappa shape index (κ1) is 14.4. The molecule has 0 aliphatic rings. The third-order valence-corrected chi connectivity index (χ3v) is 1.82. The SMILES string of the molecule is C=CCC(C(=O)OCC)C(=O)OC/C=C/C. The Labute approximate surface area is 95.9 Å². The Morgan fingerprint density at radius 2 is 1.94 bits per heavy atom. The molecule has 4 nitrogen and oxygen atoms in total. The van der Waals surface area contributed by atoms with Crippen LogP contribution in [0.5, 0.6) is 0 Å². The highest BCUT2D eigenvalue weighted by atomic mass is 16.6. The topological polar surface area (TPSA) is 52.6 Å². The van der Waals surface area contributed by atoms with E-state index in [1.54, 1.807) is 19.1 Å². The van der Waals surface area contributed by atoms with Gasteiger partial charge in [-0.3, -0.25) is 9.59 Å². The van der Waals surface area contributed by atoms with E-state index in [0.29, 0.717) is 0 Å². The zero-order chi connectivity index (χ0) is 12.4. The molecule has 0 aromatic rings.